The number of fused-ring (bicyclic) bond motifs is 1. The number of halogens is 9. The molecule has 19 heteroatoms. The first kappa shape index (κ1) is 34.0. The van der Waals surface area contributed by atoms with Crippen LogP contribution >= 0.6 is 0 Å². The lowest BCUT2D eigenvalue weighted by atomic mass is 9.81. The number of nitrogens with zero attached hydrogens (tertiary/aromatic N) is 5. The molecule has 2 N–H and O–H groups in total. The summed E-state index contributed by atoms with van der Waals surface area (Å²) in [5.41, 5.74) is -0.375. The number of benzene rings is 1. The Labute approximate surface area is 266 Å². The maximum absolute atomic E-state index is 16.3. The molecule has 2 saturated heterocycles. The van der Waals surface area contributed by atoms with Crippen LogP contribution in [0.5, 0.6) is 0 Å². The van der Waals surface area contributed by atoms with Gasteiger partial charge in [-0.1, -0.05) is 11.2 Å². The van der Waals surface area contributed by atoms with Gasteiger partial charge in [0.15, 0.2) is 11.5 Å². The minimum absolute atomic E-state index is 0.0126. The SMILES string of the molecule is Cc1nonc1C(=O)N[C@H](c1nc2c(F)c(C3CN(CC(F)F)CC3C(=O)N3CC(F)(F)C(F)(F)C3)ccc2[nH]1)C1CCC(F)(F)CC1. The number of hydrogen-bond donors (Lipinski definition) is 2. The Balaban J connectivity index is 1.33. The third-order valence-electron chi connectivity index (χ3n) is 9.46. The molecule has 48 heavy (non-hydrogen) atoms. The fourth-order valence-electron chi connectivity index (χ4n) is 6.91. The first-order valence-electron chi connectivity index (χ1n) is 15.2. The molecule has 10 nitrogen and oxygen atoms in total. The number of carbonyl (C=O) groups is 2. The van der Waals surface area contributed by atoms with Gasteiger partial charge in [-0.25, -0.2) is 31.6 Å². The predicted octanol–water partition coefficient (Wildman–Crippen LogP) is 5.08. The molecule has 0 bridgehead atoms. The van der Waals surface area contributed by atoms with Crippen LogP contribution in [-0.4, -0.2) is 98.8 Å². The number of aryl methyl sites for hydroxylation is 1. The Bertz CT molecular complexity index is 1670. The van der Waals surface area contributed by atoms with E-state index in [2.05, 4.69) is 30.2 Å². The summed E-state index contributed by atoms with van der Waals surface area (Å²) in [5.74, 6) is -17.9. The first-order valence-corrected chi connectivity index (χ1v) is 15.2. The van der Waals surface area contributed by atoms with Gasteiger partial charge in [0.05, 0.1) is 37.1 Å². The second kappa shape index (κ2) is 12.2. The van der Waals surface area contributed by atoms with Crippen molar-refractivity contribution in [1.82, 2.24) is 35.4 Å². The topological polar surface area (TPSA) is 120 Å². The lowest BCUT2D eigenvalue weighted by Crippen LogP contribution is -2.39. The Kier molecular flexibility index (Phi) is 8.64. The van der Waals surface area contributed by atoms with Crippen LogP contribution in [0.2, 0.25) is 0 Å². The number of carbonyl (C=O) groups excluding carboxylic acids is 2. The van der Waals surface area contributed by atoms with Crippen LogP contribution in [-0.2, 0) is 4.79 Å². The van der Waals surface area contributed by atoms with Crippen molar-refractivity contribution >= 4 is 22.8 Å². The minimum Gasteiger partial charge on any atom is -0.340 e. The number of amides is 2. The number of aromatic nitrogens is 4. The fraction of sp³-hybridized carbons (Fsp3) is 0.621. The van der Waals surface area contributed by atoms with Gasteiger partial charge < -0.3 is 15.2 Å². The number of H-pyrrole nitrogens is 1. The zero-order valence-corrected chi connectivity index (χ0v) is 25.3. The molecule has 3 aromatic rings. The van der Waals surface area contributed by atoms with Crippen molar-refractivity contribution in [1.29, 1.82) is 0 Å². The molecule has 262 valence electrons. The van der Waals surface area contributed by atoms with E-state index in [-0.39, 0.29) is 58.1 Å². The highest BCUT2D eigenvalue weighted by Gasteiger charge is 2.64. The maximum atomic E-state index is 16.3. The molecule has 0 spiro atoms. The highest BCUT2D eigenvalue weighted by Crippen LogP contribution is 2.45. The van der Waals surface area contributed by atoms with Crippen molar-refractivity contribution in [3.05, 3.63) is 40.7 Å². The van der Waals surface area contributed by atoms with Crippen LogP contribution in [0.1, 0.15) is 65.2 Å². The number of imidazole rings is 1. The van der Waals surface area contributed by atoms with E-state index in [9.17, 15) is 44.7 Å². The van der Waals surface area contributed by atoms with Crippen LogP contribution in [0.25, 0.3) is 11.0 Å². The molecule has 2 unspecified atom stereocenters. The van der Waals surface area contributed by atoms with Crippen molar-refractivity contribution in [2.45, 2.75) is 68.8 Å². The standard InChI is InChI=1S/C29H30F9N7O3/c1-13-21(43-48-42-13)25(46)41-22(14-4-6-27(33,34)7-5-14)24-39-18-3-2-15(20(32)23(18)40-24)16-8-44(10-19(30)31)9-17(16)26(47)45-11-28(35,36)29(37,38)12-45/h2-3,14,16-17,19,22H,4-12H2,1H3,(H,39,40)(H,41,46)/t16?,17?,22-/m0/s1. The summed E-state index contributed by atoms with van der Waals surface area (Å²) in [7, 11) is 0. The minimum atomic E-state index is -4.50. The summed E-state index contributed by atoms with van der Waals surface area (Å²) < 4.78 is 131. The summed E-state index contributed by atoms with van der Waals surface area (Å²) in [4.78, 5) is 35.1. The number of rotatable bonds is 8. The summed E-state index contributed by atoms with van der Waals surface area (Å²) in [5, 5.41) is 9.82. The average Bonchev–Trinajstić information content (AvgIpc) is 3.76. The summed E-state index contributed by atoms with van der Waals surface area (Å²) in [6.07, 6.45) is -3.81. The molecule has 3 aliphatic rings. The number of aromatic amines is 1. The Hall–Kier alpha value is -3.90. The second-order valence-electron chi connectivity index (χ2n) is 12.8. The average molecular weight is 696 g/mol. The lowest BCUT2D eigenvalue weighted by Gasteiger charge is -2.33. The van der Waals surface area contributed by atoms with Crippen molar-refractivity contribution < 1.29 is 53.7 Å². The van der Waals surface area contributed by atoms with Crippen LogP contribution in [0.15, 0.2) is 16.8 Å². The van der Waals surface area contributed by atoms with Gasteiger partial charge in [0.25, 0.3) is 12.3 Å². The van der Waals surface area contributed by atoms with Crippen molar-refractivity contribution in [3.8, 4) is 0 Å². The molecule has 0 radical (unpaired) electrons. The molecule has 4 heterocycles. The molecule has 2 aromatic heterocycles. The first-order chi connectivity index (χ1) is 22.5. The number of hydrogen-bond acceptors (Lipinski definition) is 7. The quantitative estimate of drug-likeness (QED) is 0.316. The second-order valence-corrected chi connectivity index (χ2v) is 12.8. The smallest absolute Gasteiger partial charge is 0.329 e. The zero-order valence-electron chi connectivity index (χ0n) is 25.3. The Morgan fingerprint density at radius 1 is 1.04 bits per heavy atom. The lowest BCUT2D eigenvalue weighted by molar-refractivity contribution is -0.172. The third-order valence-corrected chi connectivity index (χ3v) is 9.46. The van der Waals surface area contributed by atoms with Crippen molar-refractivity contribution in [2.75, 3.05) is 32.7 Å². The van der Waals surface area contributed by atoms with Gasteiger partial charge in [-0.2, -0.15) is 17.6 Å². The summed E-state index contributed by atoms with van der Waals surface area (Å²) in [6, 6.07) is 1.60. The molecular weight excluding hydrogens is 665 g/mol. The Morgan fingerprint density at radius 2 is 1.71 bits per heavy atom. The van der Waals surface area contributed by atoms with E-state index in [1.165, 1.54) is 19.1 Å². The molecule has 2 aliphatic heterocycles. The van der Waals surface area contributed by atoms with E-state index in [0.717, 1.165) is 4.90 Å². The van der Waals surface area contributed by atoms with Crippen LogP contribution in [0.4, 0.5) is 39.5 Å². The highest BCUT2D eigenvalue weighted by atomic mass is 19.3. The molecule has 3 atom stereocenters. The van der Waals surface area contributed by atoms with Gasteiger partial charge >= 0.3 is 11.8 Å². The molecular formula is C29H30F9N7O3. The normalized spacial score (nSPS) is 24.9. The highest BCUT2D eigenvalue weighted by molar-refractivity contribution is 5.93. The van der Waals surface area contributed by atoms with Gasteiger partial charge in [-0.05, 0) is 42.5 Å². The fourth-order valence-corrected chi connectivity index (χ4v) is 6.91. The largest absolute Gasteiger partial charge is 0.340 e. The van der Waals surface area contributed by atoms with E-state index < -0.39 is 105 Å². The summed E-state index contributed by atoms with van der Waals surface area (Å²) >= 11 is 0. The van der Waals surface area contributed by atoms with E-state index in [4.69, 9.17) is 0 Å². The van der Waals surface area contributed by atoms with E-state index in [1.807, 2.05) is 0 Å². The van der Waals surface area contributed by atoms with E-state index in [1.54, 1.807) is 0 Å². The number of nitrogens with one attached hydrogen (secondary N) is 2. The molecule has 3 fully saturated rings. The van der Waals surface area contributed by atoms with Gasteiger partial charge in [0.2, 0.25) is 11.8 Å². The van der Waals surface area contributed by atoms with Crippen molar-refractivity contribution in [3.63, 3.8) is 0 Å². The molecule has 1 saturated carbocycles. The predicted molar refractivity (Wildman–Crippen MR) is 147 cm³/mol. The summed E-state index contributed by atoms with van der Waals surface area (Å²) in [6.45, 7) is -3.24. The van der Waals surface area contributed by atoms with E-state index >= 15 is 4.39 Å². The molecule has 2 amide bonds. The molecule has 6 rings (SSSR count). The zero-order chi connectivity index (χ0) is 34.8. The van der Waals surface area contributed by atoms with Crippen molar-refractivity contribution in [2.24, 2.45) is 11.8 Å². The third kappa shape index (κ3) is 6.32. The van der Waals surface area contributed by atoms with Crippen LogP contribution in [0.3, 0.4) is 0 Å². The van der Waals surface area contributed by atoms with Crippen LogP contribution in [0, 0.1) is 24.6 Å². The Morgan fingerprint density at radius 3 is 2.31 bits per heavy atom. The monoisotopic (exact) mass is 695 g/mol. The van der Waals surface area contributed by atoms with Crippen LogP contribution < -0.4 is 5.32 Å². The molecule has 1 aliphatic carbocycles. The van der Waals surface area contributed by atoms with Gasteiger partial charge in [-0.3, -0.25) is 14.5 Å². The van der Waals surface area contributed by atoms with Gasteiger partial charge in [0.1, 0.15) is 17.0 Å². The number of alkyl halides is 8. The van der Waals surface area contributed by atoms with Gasteiger partial charge in [0, 0.05) is 31.8 Å². The van der Waals surface area contributed by atoms with Gasteiger partial charge in [-0.15, -0.1) is 0 Å². The maximum Gasteiger partial charge on any atom is 0.329 e. The van der Waals surface area contributed by atoms with E-state index in [0.29, 0.717) is 0 Å². The molecule has 1 aromatic carbocycles. The number of likely N-dealkylation sites (tertiary alicyclic amines) is 2.